The number of hydrogen-bond acceptors (Lipinski definition) is 2. The highest BCUT2D eigenvalue weighted by molar-refractivity contribution is 7.10. The Morgan fingerprint density at radius 2 is 2.21 bits per heavy atom. The smallest absolute Gasteiger partial charge is 0.228 e. The Morgan fingerprint density at radius 3 is 2.89 bits per heavy atom. The summed E-state index contributed by atoms with van der Waals surface area (Å²) in [4.78, 5) is 15.9. The van der Waals surface area contributed by atoms with Gasteiger partial charge in [0.1, 0.15) is 0 Å². The minimum atomic E-state index is 0.328. The molecule has 2 atom stereocenters. The lowest BCUT2D eigenvalue weighted by Gasteiger charge is -2.39. The first kappa shape index (κ1) is 13.2. The summed E-state index contributed by atoms with van der Waals surface area (Å²) in [5.41, 5.74) is 0.729. The summed E-state index contributed by atoms with van der Waals surface area (Å²) in [6.45, 7) is 8.03. The summed E-state index contributed by atoms with van der Waals surface area (Å²) < 4.78 is 0. The van der Waals surface area contributed by atoms with Gasteiger partial charge in [0.25, 0.3) is 0 Å². The van der Waals surface area contributed by atoms with Crippen molar-refractivity contribution < 1.29 is 4.79 Å². The van der Waals surface area contributed by atoms with Crippen LogP contribution in [0.25, 0.3) is 0 Å². The van der Waals surface area contributed by atoms with Crippen LogP contribution >= 0.6 is 11.3 Å². The second kappa shape index (κ2) is 4.34. The molecule has 1 aromatic rings. The summed E-state index contributed by atoms with van der Waals surface area (Å²) in [6.07, 6.45) is 4.20. The molecule has 19 heavy (non-hydrogen) atoms. The molecule has 0 aromatic carbocycles. The van der Waals surface area contributed by atoms with E-state index in [4.69, 9.17) is 0 Å². The van der Waals surface area contributed by atoms with Gasteiger partial charge in [0, 0.05) is 17.5 Å². The molecule has 1 aliphatic heterocycles. The summed E-state index contributed by atoms with van der Waals surface area (Å²) in [5.74, 6) is 0.328. The molecule has 1 amide bonds. The van der Waals surface area contributed by atoms with Gasteiger partial charge < -0.3 is 4.90 Å². The normalized spacial score (nSPS) is 32.6. The van der Waals surface area contributed by atoms with E-state index in [2.05, 4.69) is 37.1 Å². The van der Waals surface area contributed by atoms with Crippen molar-refractivity contribution in [2.45, 2.75) is 52.5 Å². The zero-order chi connectivity index (χ0) is 13.7. The fourth-order valence-electron chi connectivity index (χ4n) is 4.42. The maximum Gasteiger partial charge on any atom is 0.228 e. The largest absolute Gasteiger partial charge is 0.339 e. The van der Waals surface area contributed by atoms with Crippen LogP contribution in [0.1, 0.15) is 44.9 Å². The van der Waals surface area contributed by atoms with Crippen molar-refractivity contribution >= 4 is 17.2 Å². The van der Waals surface area contributed by atoms with Crippen molar-refractivity contribution in [3.8, 4) is 0 Å². The first-order valence-electron chi connectivity index (χ1n) is 7.19. The molecule has 104 valence electrons. The quantitative estimate of drug-likeness (QED) is 0.807. The molecule has 0 N–H and O–H groups in total. The SMILES string of the molecule is CC1(C)CC2CC(C)(CN2C(=O)Cc2cccs2)C1. The van der Waals surface area contributed by atoms with E-state index >= 15 is 0 Å². The molecule has 0 spiro atoms. The molecule has 2 heterocycles. The fourth-order valence-corrected chi connectivity index (χ4v) is 5.11. The van der Waals surface area contributed by atoms with Gasteiger partial charge in [-0.25, -0.2) is 0 Å². The second-order valence-corrected chi connectivity index (χ2v) is 8.52. The van der Waals surface area contributed by atoms with Crippen molar-refractivity contribution in [3.05, 3.63) is 22.4 Å². The molecule has 1 aromatic heterocycles. The number of hydrogen-bond donors (Lipinski definition) is 0. The third kappa shape index (κ3) is 2.58. The molecular weight excluding hydrogens is 254 g/mol. The third-order valence-corrected chi connectivity index (χ3v) is 5.52. The standard InChI is InChI=1S/C16H23NOS/c1-15(2)8-12-9-16(3,10-15)11-17(12)14(18)7-13-5-4-6-19-13/h4-6,12H,7-11H2,1-3H3. The van der Waals surface area contributed by atoms with Crippen LogP contribution in [0.3, 0.4) is 0 Å². The van der Waals surface area contributed by atoms with Crippen LogP contribution in [-0.4, -0.2) is 23.4 Å². The summed E-state index contributed by atoms with van der Waals surface area (Å²) in [7, 11) is 0. The molecule has 3 heteroatoms. The fraction of sp³-hybridized carbons (Fsp3) is 0.688. The van der Waals surface area contributed by atoms with Crippen LogP contribution in [0.2, 0.25) is 0 Å². The zero-order valence-corrected chi connectivity index (χ0v) is 12.9. The molecule has 2 unspecified atom stereocenters. The Hall–Kier alpha value is -0.830. The summed E-state index contributed by atoms with van der Waals surface area (Å²) >= 11 is 1.69. The van der Waals surface area contributed by atoms with Gasteiger partial charge in [-0.05, 0) is 41.5 Å². The highest BCUT2D eigenvalue weighted by atomic mass is 32.1. The molecule has 2 bridgehead atoms. The number of fused-ring (bicyclic) bond motifs is 2. The molecule has 0 radical (unpaired) electrons. The van der Waals surface area contributed by atoms with E-state index in [0.29, 0.717) is 29.2 Å². The maximum absolute atomic E-state index is 12.5. The van der Waals surface area contributed by atoms with Crippen LogP contribution in [0.4, 0.5) is 0 Å². The van der Waals surface area contributed by atoms with Crippen LogP contribution in [0.15, 0.2) is 17.5 Å². The summed E-state index contributed by atoms with van der Waals surface area (Å²) in [6, 6.07) is 4.57. The monoisotopic (exact) mass is 277 g/mol. The van der Waals surface area contributed by atoms with Gasteiger partial charge in [0.05, 0.1) is 6.42 Å². The first-order valence-corrected chi connectivity index (χ1v) is 8.07. The average molecular weight is 277 g/mol. The first-order chi connectivity index (χ1) is 8.87. The molecule has 2 nitrogen and oxygen atoms in total. The minimum absolute atomic E-state index is 0.328. The van der Waals surface area contributed by atoms with E-state index in [0.717, 1.165) is 6.54 Å². The Labute approximate surface area is 119 Å². The van der Waals surface area contributed by atoms with Gasteiger partial charge in [0.2, 0.25) is 5.91 Å². The number of amides is 1. The Bertz CT molecular complexity index is 479. The van der Waals surface area contributed by atoms with Gasteiger partial charge >= 0.3 is 0 Å². The Morgan fingerprint density at radius 1 is 1.42 bits per heavy atom. The molecule has 1 saturated carbocycles. The van der Waals surface area contributed by atoms with Crippen LogP contribution in [0, 0.1) is 10.8 Å². The van der Waals surface area contributed by atoms with Crippen LogP contribution in [0.5, 0.6) is 0 Å². The van der Waals surface area contributed by atoms with Crippen molar-refractivity contribution in [2.75, 3.05) is 6.54 Å². The molecular formula is C16H23NOS. The Kier molecular flexibility index (Phi) is 3.01. The average Bonchev–Trinajstić information content (AvgIpc) is 2.83. The predicted octanol–water partition coefficient (Wildman–Crippen LogP) is 3.72. The molecule has 1 saturated heterocycles. The lowest BCUT2D eigenvalue weighted by atomic mass is 9.65. The number of likely N-dealkylation sites (tertiary alicyclic amines) is 1. The third-order valence-electron chi connectivity index (χ3n) is 4.64. The molecule has 2 aliphatic rings. The van der Waals surface area contributed by atoms with Gasteiger partial charge in [-0.2, -0.15) is 0 Å². The number of thiophene rings is 1. The van der Waals surface area contributed by atoms with Crippen molar-refractivity contribution in [1.29, 1.82) is 0 Å². The van der Waals surface area contributed by atoms with Crippen molar-refractivity contribution in [1.82, 2.24) is 4.90 Å². The van der Waals surface area contributed by atoms with Gasteiger partial charge in [-0.15, -0.1) is 11.3 Å². The van der Waals surface area contributed by atoms with Gasteiger partial charge in [-0.1, -0.05) is 26.8 Å². The minimum Gasteiger partial charge on any atom is -0.339 e. The molecule has 2 fully saturated rings. The maximum atomic E-state index is 12.5. The van der Waals surface area contributed by atoms with Crippen LogP contribution in [-0.2, 0) is 11.2 Å². The Balaban J connectivity index is 1.74. The van der Waals surface area contributed by atoms with Gasteiger partial charge in [-0.3, -0.25) is 4.79 Å². The molecule has 3 rings (SSSR count). The topological polar surface area (TPSA) is 20.3 Å². The van der Waals surface area contributed by atoms with E-state index in [1.165, 1.54) is 24.1 Å². The highest BCUT2D eigenvalue weighted by Crippen LogP contribution is 2.52. The lowest BCUT2D eigenvalue weighted by molar-refractivity contribution is -0.131. The number of nitrogens with zero attached hydrogens (tertiary/aromatic N) is 1. The van der Waals surface area contributed by atoms with E-state index < -0.39 is 0 Å². The molecule has 1 aliphatic carbocycles. The predicted molar refractivity (Wildman–Crippen MR) is 79.3 cm³/mol. The number of rotatable bonds is 2. The van der Waals surface area contributed by atoms with Crippen LogP contribution < -0.4 is 0 Å². The van der Waals surface area contributed by atoms with E-state index in [9.17, 15) is 4.79 Å². The van der Waals surface area contributed by atoms with Crippen molar-refractivity contribution in [3.63, 3.8) is 0 Å². The number of carbonyl (C=O) groups excluding carboxylic acids is 1. The lowest BCUT2D eigenvalue weighted by Crippen LogP contribution is -2.38. The number of carbonyl (C=O) groups is 1. The summed E-state index contributed by atoms with van der Waals surface area (Å²) in [5, 5.41) is 2.05. The zero-order valence-electron chi connectivity index (χ0n) is 12.1. The van der Waals surface area contributed by atoms with E-state index in [1.807, 2.05) is 6.07 Å². The second-order valence-electron chi connectivity index (χ2n) is 7.49. The van der Waals surface area contributed by atoms with E-state index in [1.54, 1.807) is 11.3 Å². The highest BCUT2D eigenvalue weighted by Gasteiger charge is 2.50. The van der Waals surface area contributed by atoms with Gasteiger partial charge in [0.15, 0.2) is 0 Å². The van der Waals surface area contributed by atoms with Crippen molar-refractivity contribution in [2.24, 2.45) is 10.8 Å². The van der Waals surface area contributed by atoms with E-state index in [-0.39, 0.29) is 0 Å².